The smallest absolute Gasteiger partial charge is 0.244 e. The number of nitrogens with one attached hydrogen (secondary N) is 1. The number of nitrogens with zero attached hydrogens (tertiary/aromatic N) is 1. The molecule has 26 heavy (non-hydrogen) atoms. The average Bonchev–Trinajstić information content (AvgIpc) is 3.08. The molecule has 0 spiro atoms. The lowest BCUT2D eigenvalue weighted by Crippen LogP contribution is -2.24. The Morgan fingerprint density at radius 2 is 1.92 bits per heavy atom. The molecule has 0 amide bonds. The van der Waals surface area contributed by atoms with Gasteiger partial charge in [-0.05, 0) is 30.2 Å². The number of hydrogen-bond donors (Lipinski definition) is 1. The van der Waals surface area contributed by atoms with Crippen LogP contribution >= 0.6 is 11.3 Å². The van der Waals surface area contributed by atoms with Crippen LogP contribution in [0.5, 0.6) is 5.75 Å². The molecular weight excluding hydrogens is 368 g/mol. The van der Waals surface area contributed by atoms with Crippen molar-refractivity contribution in [2.75, 3.05) is 7.11 Å². The zero-order chi connectivity index (χ0) is 18.6. The third-order valence-corrected chi connectivity index (χ3v) is 6.17. The van der Waals surface area contributed by atoms with Gasteiger partial charge in [-0.25, -0.2) is 18.1 Å². The molecule has 0 aliphatic heterocycles. The summed E-state index contributed by atoms with van der Waals surface area (Å²) in [4.78, 5) is 4.66. The highest BCUT2D eigenvalue weighted by Gasteiger charge is 2.20. The van der Waals surface area contributed by atoms with Gasteiger partial charge in [-0.2, -0.15) is 0 Å². The van der Waals surface area contributed by atoms with Crippen molar-refractivity contribution in [2.24, 2.45) is 0 Å². The number of thiazole rings is 1. The van der Waals surface area contributed by atoms with E-state index in [0.717, 1.165) is 17.0 Å². The number of ether oxygens (including phenoxy) is 1. The molecule has 5 nitrogen and oxygen atoms in total. The van der Waals surface area contributed by atoms with Crippen LogP contribution < -0.4 is 9.46 Å². The summed E-state index contributed by atoms with van der Waals surface area (Å²) in [7, 11) is -2.23. The molecule has 136 valence electrons. The minimum absolute atomic E-state index is 0.139. The summed E-state index contributed by atoms with van der Waals surface area (Å²) in [5.74, 6) is 0.325. The molecule has 0 radical (unpaired) electrons. The fourth-order valence-corrected chi connectivity index (χ4v) is 4.60. The lowest BCUT2D eigenvalue weighted by molar-refractivity contribution is 0.402. The Morgan fingerprint density at radius 3 is 2.65 bits per heavy atom. The second-order valence-corrected chi connectivity index (χ2v) is 8.55. The highest BCUT2D eigenvalue weighted by Crippen LogP contribution is 2.25. The van der Waals surface area contributed by atoms with E-state index in [1.165, 1.54) is 24.0 Å². The maximum atomic E-state index is 12.6. The Labute approximate surface area is 157 Å². The maximum Gasteiger partial charge on any atom is 0.244 e. The Morgan fingerprint density at radius 1 is 1.15 bits per heavy atom. The number of sulfonamides is 1. The zero-order valence-corrected chi connectivity index (χ0v) is 16.2. The van der Waals surface area contributed by atoms with E-state index in [0.29, 0.717) is 11.4 Å². The van der Waals surface area contributed by atoms with E-state index in [9.17, 15) is 8.42 Å². The monoisotopic (exact) mass is 388 g/mol. The summed E-state index contributed by atoms with van der Waals surface area (Å²) in [6, 6.07) is 15.1. The van der Waals surface area contributed by atoms with E-state index in [-0.39, 0.29) is 11.4 Å². The molecule has 2 aromatic carbocycles. The predicted molar refractivity (Wildman–Crippen MR) is 103 cm³/mol. The first kappa shape index (κ1) is 18.6. The van der Waals surface area contributed by atoms with Crippen molar-refractivity contribution in [3.05, 3.63) is 75.7 Å². The topological polar surface area (TPSA) is 68.3 Å². The van der Waals surface area contributed by atoms with Crippen molar-refractivity contribution >= 4 is 21.4 Å². The van der Waals surface area contributed by atoms with Crippen molar-refractivity contribution in [2.45, 2.75) is 24.8 Å². The summed E-state index contributed by atoms with van der Waals surface area (Å²) in [5, 5.41) is 2.84. The first-order chi connectivity index (χ1) is 12.5. The lowest BCUT2D eigenvalue weighted by Gasteiger charge is -2.10. The van der Waals surface area contributed by atoms with Crippen molar-refractivity contribution in [1.29, 1.82) is 0 Å². The molecule has 1 heterocycles. The normalized spacial score (nSPS) is 11.5. The molecule has 7 heteroatoms. The number of hydrogen-bond acceptors (Lipinski definition) is 5. The van der Waals surface area contributed by atoms with Gasteiger partial charge >= 0.3 is 0 Å². The largest absolute Gasteiger partial charge is 0.495 e. The number of aromatic nitrogens is 1. The number of methoxy groups -OCH3 is 1. The van der Waals surface area contributed by atoms with Crippen LogP contribution in [0.1, 0.15) is 21.8 Å². The first-order valence-electron chi connectivity index (χ1n) is 8.09. The molecule has 3 rings (SSSR count). The van der Waals surface area contributed by atoms with Crippen LogP contribution in [0.3, 0.4) is 0 Å². The van der Waals surface area contributed by atoms with Gasteiger partial charge in [0, 0.05) is 11.8 Å². The fraction of sp³-hybridized carbons (Fsp3) is 0.211. The lowest BCUT2D eigenvalue weighted by atomic mass is 10.2. The fourth-order valence-electron chi connectivity index (χ4n) is 2.52. The van der Waals surface area contributed by atoms with Crippen LogP contribution in [0.4, 0.5) is 0 Å². The molecule has 1 N–H and O–H groups in total. The SMILES string of the molecule is COc1ccc(C)cc1S(=O)(=O)NCc1csc(Cc2ccccc2)n1. The molecule has 0 aliphatic rings. The van der Waals surface area contributed by atoms with Crippen molar-refractivity contribution in [3.8, 4) is 5.75 Å². The summed E-state index contributed by atoms with van der Waals surface area (Å²) in [5.41, 5.74) is 2.74. The third-order valence-electron chi connectivity index (χ3n) is 3.85. The van der Waals surface area contributed by atoms with Crippen LogP contribution in [0.15, 0.2) is 58.8 Å². The zero-order valence-electron chi connectivity index (χ0n) is 14.6. The third kappa shape index (κ3) is 4.49. The van der Waals surface area contributed by atoms with Gasteiger partial charge in [0.05, 0.1) is 24.4 Å². The maximum absolute atomic E-state index is 12.6. The minimum atomic E-state index is -3.68. The van der Waals surface area contributed by atoms with E-state index in [1.807, 2.05) is 48.7 Å². The first-order valence-corrected chi connectivity index (χ1v) is 10.5. The van der Waals surface area contributed by atoms with Gasteiger partial charge in [0.2, 0.25) is 10.0 Å². The molecule has 1 aromatic heterocycles. The van der Waals surface area contributed by atoms with E-state index in [1.54, 1.807) is 12.1 Å². The van der Waals surface area contributed by atoms with Crippen LogP contribution in [-0.4, -0.2) is 20.5 Å². The van der Waals surface area contributed by atoms with Crippen LogP contribution in [0, 0.1) is 6.92 Å². The molecule has 0 saturated carbocycles. The van der Waals surface area contributed by atoms with E-state index >= 15 is 0 Å². The highest BCUT2D eigenvalue weighted by molar-refractivity contribution is 7.89. The average molecular weight is 389 g/mol. The van der Waals surface area contributed by atoms with Gasteiger partial charge in [-0.15, -0.1) is 11.3 Å². The van der Waals surface area contributed by atoms with Gasteiger partial charge in [0.25, 0.3) is 0 Å². The minimum Gasteiger partial charge on any atom is -0.495 e. The molecule has 0 bridgehead atoms. The number of aryl methyl sites for hydroxylation is 1. The molecule has 0 aliphatic carbocycles. The number of benzene rings is 2. The molecule has 0 atom stereocenters. The van der Waals surface area contributed by atoms with Gasteiger partial charge in [0.1, 0.15) is 10.6 Å². The van der Waals surface area contributed by atoms with E-state index in [2.05, 4.69) is 9.71 Å². The van der Waals surface area contributed by atoms with Gasteiger partial charge in [0.15, 0.2) is 0 Å². The summed E-state index contributed by atoms with van der Waals surface area (Å²) in [6.45, 7) is 1.99. The standard InChI is InChI=1S/C19H20N2O3S2/c1-14-8-9-17(24-2)18(10-14)26(22,23)20-12-16-13-25-19(21-16)11-15-6-4-3-5-7-15/h3-10,13,20H,11-12H2,1-2H3. The second kappa shape index (κ2) is 7.99. The summed E-state index contributed by atoms with van der Waals surface area (Å²) >= 11 is 1.53. The van der Waals surface area contributed by atoms with Crippen LogP contribution in [0.2, 0.25) is 0 Å². The molecule has 0 unspecified atom stereocenters. The van der Waals surface area contributed by atoms with Crippen molar-refractivity contribution in [1.82, 2.24) is 9.71 Å². The Hall–Kier alpha value is -2.22. The highest BCUT2D eigenvalue weighted by atomic mass is 32.2. The molecule has 0 fully saturated rings. The van der Waals surface area contributed by atoms with Crippen molar-refractivity contribution < 1.29 is 13.2 Å². The van der Waals surface area contributed by atoms with E-state index in [4.69, 9.17) is 4.74 Å². The molecule has 3 aromatic rings. The van der Waals surface area contributed by atoms with Gasteiger partial charge < -0.3 is 4.74 Å². The molecule has 0 saturated heterocycles. The Bertz CT molecular complexity index is 983. The van der Waals surface area contributed by atoms with Crippen LogP contribution in [-0.2, 0) is 23.0 Å². The van der Waals surface area contributed by atoms with E-state index < -0.39 is 10.0 Å². The second-order valence-electron chi connectivity index (χ2n) is 5.87. The van der Waals surface area contributed by atoms with Crippen LogP contribution in [0.25, 0.3) is 0 Å². The van der Waals surface area contributed by atoms with Crippen molar-refractivity contribution in [3.63, 3.8) is 0 Å². The van der Waals surface area contributed by atoms with Gasteiger partial charge in [-0.1, -0.05) is 36.4 Å². The Balaban J connectivity index is 1.70. The summed E-state index contributed by atoms with van der Waals surface area (Å²) < 4.78 is 33.0. The molecular formula is C19H20N2O3S2. The Kier molecular flexibility index (Phi) is 5.70. The van der Waals surface area contributed by atoms with Gasteiger partial charge in [-0.3, -0.25) is 0 Å². The number of rotatable bonds is 7. The quantitative estimate of drug-likeness (QED) is 0.672. The predicted octanol–water partition coefficient (Wildman–Crippen LogP) is 3.53. The summed E-state index contributed by atoms with van der Waals surface area (Å²) in [6.07, 6.45) is 0.740.